The molecule has 0 spiro atoms. The van der Waals surface area contributed by atoms with E-state index in [0.717, 1.165) is 0 Å². The molecule has 0 aliphatic heterocycles. The molecule has 0 unspecified atom stereocenters. The number of halogens is 1. The van der Waals surface area contributed by atoms with E-state index in [-0.39, 0.29) is 12.1 Å². The van der Waals surface area contributed by atoms with Crippen molar-refractivity contribution in [2.75, 3.05) is 5.32 Å². The van der Waals surface area contributed by atoms with Crippen LogP contribution in [0.25, 0.3) is 22.3 Å². The maximum atomic E-state index is 12.7. The minimum atomic E-state index is -0.433. The number of hydrogen-bond donors (Lipinski definition) is 2. The highest BCUT2D eigenvalue weighted by Crippen LogP contribution is 2.38. The number of aromatic nitrogens is 4. The number of pyridine rings is 1. The average molecular weight is 411 g/mol. The molecule has 1 aromatic carbocycles. The number of H-pyrrole nitrogens is 1. The summed E-state index contributed by atoms with van der Waals surface area (Å²) in [5.41, 5.74) is 0.877. The van der Waals surface area contributed by atoms with E-state index in [9.17, 15) is 14.9 Å². The summed E-state index contributed by atoms with van der Waals surface area (Å²) in [5, 5.41) is 22.0. The third-order valence-corrected chi connectivity index (χ3v) is 5.39. The van der Waals surface area contributed by atoms with Crippen LogP contribution in [-0.4, -0.2) is 25.7 Å². The molecule has 10 heteroatoms. The smallest absolute Gasteiger partial charge is 0.251 e. The van der Waals surface area contributed by atoms with Crippen LogP contribution in [0.2, 0.25) is 5.02 Å². The van der Waals surface area contributed by atoms with Crippen molar-refractivity contribution in [3.8, 4) is 17.5 Å². The maximum absolute atomic E-state index is 12.7. The molecule has 0 aliphatic carbocycles. The van der Waals surface area contributed by atoms with E-state index in [4.69, 9.17) is 11.6 Å². The van der Waals surface area contributed by atoms with Crippen molar-refractivity contribution in [3.63, 3.8) is 0 Å². The van der Waals surface area contributed by atoms with Crippen LogP contribution >= 0.6 is 22.9 Å². The molecule has 1 amide bonds. The predicted octanol–water partition coefficient (Wildman–Crippen LogP) is 3.01. The molecule has 0 bridgehead atoms. The molecule has 0 saturated carbocycles. The van der Waals surface area contributed by atoms with Crippen molar-refractivity contribution in [2.45, 2.75) is 6.54 Å². The molecule has 0 aliphatic rings. The fourth-order valence-corrected chi connectivity index (χ4v) is 4.08. The van der Waals surface area contributed by atoms with Gasteiger partial charge in [0.2, 0.25) is 5.91 Å². The quantitative estimate of drug-likeness (QED) is 0.536. The van der Waals surface area contributed by atoms with Crippen LogP contribution in [0.3, 0.4) is 0 Å². The number of nitriles is 1. The normalized spacial score (nSPS) is 10.7. The maximum Gasteiger partial charge on any atom is 0.251 e. The summed E-state index contributed by atoms with van der Waals surface area (Å²) in [6.45, 7) is -0.252. The van der Waals surface area contributed by atoms with Crippen LogP contribution in [0, 0.1) is 11.3 Å². The van der Waals surface area contributed by atoms with E-state index in [2.05, 4.69) is 26.6 Å². The Labute approximate surface area is 167 Å². The third-order valence-electron chi connectivity index (χ3n) is 4.07. The van der Waals surface area contributed by atoms with Crippen LogP contribution in [-0.2, 0) is 11.3 Å². The molecule has 0 fully saturated rings. The molecule has 2 N–H and O–H groups in total. The zero-order chi connectivity index (χ0) is 19.7. The number of carbonyl (C=O) groups excluding carboxylic acids is 1. The lowest BCUT2D eigenvalue weighted by atomic mass is 10.1. The van der Waals surface area contributed by atoms with Crippen molar-refractivity contribution >= 4 is 44.7 Å². The first-order valence-electron chi connectivity index (χ1n) is 8.04. The summed E-state index contributed by atoms with van der Waals surface area (Å²) in [6.07, 6.45) is 1.41. The first-order chi connectivity index (χ1) is 13.6. The lowest BCUT2D eigenvalue weighted by Gasteiger charge is -2.11. The second kappa shape index (κ2) is 7.26. The Balaban J connectivity index is 1.69. The van der Waals surface area contributed by atoms with Gasteiger partial charge in [-0.2, -0.15) is 10.4 Å². The van der Waals surface area contributed by atoms with Crippen molar-refractivity contribution < 1.29 is 4.79 Å². The van der Waals surface area contributed by atoms with Gasteiger partial charge in [-0.1, -0.05) is 23.7 Å². The Morgan fingerprint density at radius 3 is 2.96 bits per heavy atom. The van der Waals surface area contributed by atoms with Crippen LogP contribution < -0.4 is 10.9 Å². The number of nitrogens with zero attached hydrogens (tertiary/aromatic N) is 4. The first-order valence-corrected chi connectivity index (χ1v) is 9.30. The minimum absolute atomic E-state index is 0.252. The molecule has 3 heterocycles. The van der Waals surface area contributed by atoms with Crippen LogP contribution in [0.5, 0.6) is 0 Å². The topological polar surface area (TPSA) is 116 Å². The van der Waals surface area contributed by atoms with E-state index in [1.165, 1.54) is 28.3 Å². The SMILES string of the molecule is N#Cc1cccc2ccc(=O)n(CC(=O)Nc3scc(Cl)c3-c3nc[nH]n3)c12. The summed E-state index contributed by atoms with van der Waals surface area (Å²) >= 11 is 7.43. The number of para-hydroxylation sites is 1. The Kier molecular flexibility index (Phi) is 4.65. The van der Waals surface area contributed by atoms with Gasteiger partial charge in [-0.25, -0.2) is 4.98 Å². The van der Waals surface area contributed by atoms with Gasteiger partial charge in [-0.15, -0.1) is 11.3 Å². The van der Waals surface area contributed by atoms with E-state index in [1.54, 1.807) is 29.6 Å². The predicted molar refractivity (Wildman–Crippen MR) is 106 cm³/mol. The molecule has 0 atom stereocenters. The number of carbonyl (C=O) groups is 1. The number of fused-ring (bicyclic) bond motifs is 1. The van der Waals surface area contributed by atoms with Gasteiger partial charge in [0.25, 0.3) is 5.56 Å². The summed E-state index contributed by atoms with van der Waals surface area (Å²) < 4.78 is 1.28. The molecular formula is C18H11ClN6O2S. The Morgan fingerprint density at radius 1 is 1.36 bits per heavy atom. The van der Waals surface area contributed by atoms with E-state index >= 15 is 0 Å². The van der Waals surface area contributed by atoms with E-state index in [1.807, 2.05) is 0 Å². The molecule has 138 valence electrons. The highest BCUT2D eigenvalue weighted by atomic mass is 35.5. The zero-order valence-corrected chi connectivity index (χ0v) is 15.7. The number of anilines is 1. The number of nitrogens with one attached hydrogen (secondary N) is 2. The highest BCUT2D eigenvalue weighted by Gasteiger charge is 2.18. The van der Waals surface area contributed by atoms with Gasteiger partial charge < -0.3 is 5.32 Å². The van der Waals surface area contributed by atoms with Gasteiger partial charge in [0.15, 0.2) is 5.82 Å². The fourth-order valence-electron chi connectivity index (χ4n) is 2.88. The number of rotatable bonds is 4. The van der Waals surface area contributed by atoms with Crippen molar-refractivity contribution in [1.29, 1.82) is 5.26 Å². The molecule has 0 radical (unpaired) electrons. The second-order valence-electron chi connectivity index (χ2n) is 5.77. The molecule has 0 saturated heterocycles. The molecule has 28 heavy (non-hydrogen) atoms. The largest absolute Gasteiger partial charge is 0.315 e. The average Bonchev–Trinajstić information content (AvgIpc) is 3.33. The molecular weight excluding hydrogens is 400 g/mol. The van der Waals surface area contributed by atoms with Crippen LogP contribution in [0.15, 0.2) is 46.8 Å². The number of hydrogen-bond acceptors (Lipinski definition) is 6. The lowest BCUT2D eigenvalue weighted by molar-refractivity contribution is -0.116. The number of benzene rings is 1. The van der Waals surface area contributed by atoms with Crippen molar-refractivity contribution in [3.05, 3.63) is 63.0 Å². The Bertz CT molecular complexity index is 1290. The van der Waals surface area contributed by atoms with Gasteiger partial charge >= 0.3 is 0 Å². The summed E-state index contributed by atoms with van der Waals surface area (Å²) in [6, 6.07) is 10.2. The van der Waals surface area contributed by atoms with E-state index < -0.39 is 5.91 Å². The van der Waals surface area contributed by atoms with Gasteiger partial charge in [-0.3, -0.25) is 19.3 Å². The van der Waals surface area contributed by atoms with Crippen LogP contribution in [0.4, 0.5) is 5.00 Å². The van der Waals surface area contributed by atoms with Gasteiger partial charge in [0.1, 0.15) is 23.9 Å². The number of thiophene rings is 1. The molecule has 8 nitrogen and oxygen atoms in total. The lowest BCUT2D eigenvalue weighted by Crippen LogP contribution is -2.27. The molecule has 3 aromatic heterocycles. The zero-order valence-electron chi connectivity index (χ0n) is 14.1. The fraction of sp³-hybridized carbons (Fsp3) is 0.0556. The summed E-state index contributed by atoms with van der Waals surface area (Å²) in [4.78, 5) is 29.1. The Morgan fingerprint density at radius 2 is 2.21 bits per heavy atom. The summed E-state index contributed by atoms with van der Waals surface area (Å²) in [5.74, 6) is -0.0757. The van der Waals surface area contributed by atoms with Gasteiger partial charge in [-0.05, 0) is 17.5 Å². The monoisotopic (exact) mass is 410 g/mol. The third kappa shape index (κ3) is 3.15. The van der Waals surface area contributed by atoms with Crippen molar-refractivity contribution in [1.82, 2.24) is 19.7 Å². The summed E-state index contributed by atoms with van der Waals surface area (Å²) in [7, 11) is 0. The van der Waals surface area contributed by atoms with Gasteiger partial charge in [0, 0.05) is 11.4 Å². The van der Waals surface area contributed by atoms with Crippen molar-refractivity contribution in [2.24, 2.45) is 0 Å². The molecule has 4 aromatic rings. The number of amides is 1. The van der Waals surface area contributed by atoms with E-state index in [0.29, 0.717) is 37.9 Å². The highest BCUT2D eigenvalue weighted by molar-refractivity contribution is 7.15. The Hall–Kier alpha value is -3.48. The van der Waals surface area contributed by atoms with Crippen LogP contribution in [0.1, 0.15) is 5.56 Å². The second-order valence-corrected chi connectivity index (χ2v) is 7.06. The number of aromatic amines is 1. The molecule has 4 rings (SSSR count). The standard InChI is InChI=1S/C18H11ClN6O2S/c19-12-8-28-18(15(12)17-21-9-22-24-17)23-13(26)7-25-14(27)5-4-10-2-1-3-11(6-20)16(10)25/h1-5,8-9H,7H2,(H,23,26)(H,21,22,24). The first kappa shape index (κ1) is 17.9. The minimum Gasteiger partial charge on any atom is -0.315 e. The van der Waals surface area contributed by atoms with Gasteiger partial charge in [0.05, 0.1) is 21.7 Å².